The second kappa shape index (κ2) is 4.75. The van der Waals surface area contributed by atoms with E-state index in [-0.39, 0.29) is 5.91 Å². The number of anilines is 1. The molecule has 20 heavy (non-hydrogen) atoms. The van der Waals surface area contributed by atoms with Gasteiger partial charge in [0, 0.05) is 24.7 Å². The Balaban J connectivity index is 1.86. The van der Waals surface area contributed by atoms with Crippen molar-refractivity contribution in [2.24, 2.45) is 11.7 Å². The van der Waals surface area contributed by atoms with E-state index in [1.54, 1.807) is 11.1 Å². The van der Waals surface area contributed by atoms with Crippen LogP contribution in [-0.4, -0.2) is 28.2 Å². The second-order valence-electron chi connectivity index (χ2n) is 4.84. The predicted molar refractivity (Wildman–Crippen MR) is 76.8 cm³/mol. The van der Waals surface area contributed by atoms with Crippen molar-refractivity contribution in [1.29, 1.82) is 0 Å². The van der Waals surface area contributed by atoms with Gasteiger partial charge in [-0.1, -0.05) is 0 Å². The number of aromatic nitrogens is 1. The Morgan fingerprint density at radius 1 is 1.55 bits per heavy atom. The molecular weight excluding hydrogens is 276 g/mol. The van der Waals surface area contributed by atoms with Crippen molar-refractivity contribution < 1.29 is 9.59 Å². The number of likely N-dealkylation sites (tertiary alicyclic amines) is 1. The molecule has 0 saturated carbocycles. The first-order valence-corrected chi connectivity index (χ1v) is 7.14. The minimum absolute atomic E-state index is 0.182. The lowest BCUT2D eigenvalue weighted by Crippen LogP contribution is -2.33. The summed E-state index contributed by atoms with van der Waals surface area (Å²) >= 11 is 1.52. The molecule has 0 aromatic carbocycles. The van der Waals surface area contributed by atoms with Crippen molar-refractivity contribution in [1.82, 2.24) is 9.88 Å². The van der Waals surface area contributed by atoms with Gasteiger partial charge in [-0.2, -0.15) is 0 Å². The van der Waals surface area contributed by atoms with Crippen LogP contribution in [0.25, 0.3) is 10.1 Å². The zero-order chi connectivity index (χ0) is 14.3. The van der Waals surface area contributed by atoms with E-state index in [4.69, 9.17) is 11.5 Å². The Bertz CT molecular complexity index is 697. The number of carbonyl (C=O) groups excluding carboxylic acids is 2. The molecule has 0 radical (unpaired) electrons. The van der Waals surface area contributed by atoms with Crippen LogP contribution in [0.4, 0.5) is 5.82 Å². The number of amides is 2. The summed E-state index contributed by atoms with van der Waals surface area (Å²) < 4.78 is 0.931. The average Bonchev–Trinajstić information content (AvgIpc) is 2.97. The van der Waals surface area contributed by atoms with Crippen LogP contribution in [0.5, 0.6) is 0 Å². The molecule has 6 nitrogen and oxygen atoms in total. The van der Waals surface area contributed by atoms with Crippen LogP contribution in [0, 0.1) is 5.92 Å². The topological polar surface area (TPSA) is 102 Å². The van der Waals surface area contributed by atoms with Crippen LogP contribution in [0.1, 0.15) is 12.0 Å². The third-order valence-electron chi connectivity index (χ3n) is 3.60. The summed E-state index contributed by atoms with van der Waals surface area (Å²) in [5.41, 5.74) is 12.1. The molecule has 0 spiro atoms. The quantitative estimate of drug-likeness (QED) is 0.813. The average molecular weight is 290 g/mol. The normalized spacial score (nSPS) is 18.9. The van der Waals surface area contributed by atoms with Crippen LogP contribution in [0.3, 0.4) is 0 Å². The largest absolute Gasteiger partial charge is 0.383 e. The molecule has 4 N–H and O–H groups in total. The van der Waals surface area contributed by atoms with Crippen molar-refractivity contribution in [2.75, 3.05) is 12.3 Å². The smallest absolute Gasteiger partial charge is 0.235 e. The van der Waals surface area contributed by atoms with Crippen molar-refractivity contribution in [3.05, 3.63) is 23.2 Å². The van der Waals surface area contributed by atoms with E-state index in [0.29, 0.717) is 25.3 Å². The fourth-order valence-electron chi connectivity index (χ4n) is 2.52. The zero-order valence-electron chi connectivity index (χ0n) is 10.7. The molecule has 3 rings (SSSR count). The lowest BCUT2D eigenvalue weighted by molar-refractivity contribution is -0.136. The first kappa shape index (κ1) is 12.9. The number of nitrogens with two attached hydrogens (primary N) is 2. The fraction of sp³-hybridized carbons (Fsp3) is 0.308. The summed E-state index contributed by atoms with van der Waals surface area (Å²) in [7, 11) is 0. The molecule has 1 atom stereocenters. The molecule has 3 heterocycles. The number of pyridine rings is 1. The number of nitrogen functional groups attached to an aromatic ring is 1. The third kappa shape index (κ3) is 2.00. The number of nitrogens with zero attached hydrogens (tertiary/aromatic N) is 2. The van der Waals surface area contributed by atoms with Crippen molar-refractivity contribution in [2.45, 2.75) is 13.0 Å². The summed E-state index contributed by atoms with van der Waals surface area (Å²) in [6, 6.07) is 1.89. The SMILES string of the molecule is NC(=O)C1CCN(Cc2csc3c(N)nccc23)C1=O. The lowest BCUT2D eigenvalue weighted by Gasteiger charge is -2.15. The van der Waals surface area contributed by atoms with Crippen LogP contribution >= 0.6 is 11.3 Å². The van der Waals surface area contributed by atoms with Gasteiger partial charge in [0.15, 0.2) is 0 Å². The standard InChI is InChI=1S/C13H14N4O2S/c14-11-10-8(1-3-16-11)7(6-20-10)5-17-4-2-9(12(15)18)13(17)19/h1,3,6,9H,2,4-5H2,(H2,14,16)(H2,15,18). The van der Waals surface area contributed by atoms with Gasteiger partial charge in [-0.15, -0.1) is 11.3 Å². The second-order valence-corrected chi connectivity index (χ2v) is 5.72. The van der Waals surface area contributed by atoms with Crippen LogP contribution in [0.15, 0.2) is 17.6 Å². The highest BCUT2D eigenvalue weighted by Gasteiger charge is 2.35. The zero-order valence-corrected chi connectivity index (χ0v) is 11.5. The molecule has 2 amide bonds. The van der Waals surface area contributed by atoms with E-state index >= 15 is 0 Å². The summed E-state index contributed by atoms with van der Waals surface area (Å²) in [6.45, 7) is 1.04. The number of thiophene rings is 1. The highest BCUT2D eigenvalue weighted by molar-refractivity contribution is 7.18. The highest BCUT2D eigenvalue weighted by Crippen LogP contribution is 2.31. The molecule has 1 aliphatic heterocycles. The summed E-state index contributed by atoms with van der Waals surface area (Å²) in [6.07, 6.45) is 2.16. The molecule has 7 heteroatoms. The van der Waals surface area contributed by atoms with Gasteiger partial charge in [-0.3, -0.25) is 9.59 Å². The molecule has 2 aromatic rings. The Morgan fingerprint density at radius 2 is 2.35 bits per heavy atom. The Kier molecular flexibility index (Phi) is 3.06. The fourth-order valence-corrected chi connectivity index (χ4v) is 3.48. The summed E-state index contributed by atoms with van der Waals surface area (Å²) in [5.74, 6) is -0.895. The first-order valence-electron chi connectivity index (χ1n) is 6.26. The number of rotatable bonds is 3. The number of carbonyl (C=O) groups is 2. The Morgan fingerprint density at radius 3 is 3.05 bits per heavy atom. The number of hydrogen-bond donors (Lipinski definition) is 2. The van der Waals surface area contributed by atoms with Gasteiger partial charge in [0.05, 0.1) is 4.70 Å². The maximum atomic E-state index is 12.1. The molecule has 104 valence electrons. The minimum atomic E-state index is -0.674. The van der Waals surface area contributed by atoms with E-state index in [1.807, 2.05) is 11.4 Å². The van der Waals surface area contributed by atoms with Gasteiger partial charge < -0.3 is 16.4 Å². The molecule has 1 fully saturated rings. The molecule has 0 bridgehead atoms. The van der Waals surface area contributed by atoms with Crippen LogP contribution in [-0.2, 0) is 16.1 Å². The Labute approximate surface area is 119 Å². The summed E-state index contributed by atoms with van der Waals surface area (Å²) in [4.78, 5) is 29.0. The number of hydrogen-bond acceptors (Lipinski definition) is 5. The highest BCUT2D eigenvalue weighted by atomic mass is 32.1. The molecule has 0 aliphatic carbocycles. The van der Waals surface area contributed by atoms with Gasteiger partial charge in [0.1, 0.15) is 11.7 Å². The molecule has 1 aliphatic rings. The minimum Gasteiger partial charge on any atom is -0.383 e. The van der Waals surface area contributed by atoms with Gasteiger partial charge in [-0.05, 0) is 23.4 Å². The van der Waals surface area contributed by atoms with Gasteiger partial charge in [0.25, 0.3) is 0 Å². The molecule has 1 unspecified atom stereocenters. The van der Waals surface area contributed by atoms with Gasteiger partial charge in [-0.25, -0.2) is 4.98 Å². The number of primary amides is 1. The maximum Gasteiger partial charge on any atom is 0.235 e. The monoisotopic (exact) mass is 290 g/mol. The van der Waals surface area contributed by atoms with Crippen molar-refractivity contribution in [3.63, 3.8) is 0 Å². The van der Waals surface area contributed by atoms with Crippen molar-refractivity contribution in [3.8, 4) is 0 Å². The Hall–Kier alpha value is -2.15. The first-order chi connectivity index (χ1) is 9.58. The molecule has 1 saturated heterocycles. The van der Waals surface area contributed by atoms with E-state index < -0.39 is 11.8 Å². The molecular formula is C13H14N4O2S. The molecule has 2 aromatic heterocycles. The van der Waals surface area contributed by atoms with Gasteiger partial charge in [0.2, 0.25) is 11.8 Å². The lowest BCUT2D eigenvalue weighted by atomic mass is 10.1. The van der Waals surface area contributed by atoms with Crippen LogP contribution in [0.2, 0.25) is 0 Å². The predicted octanol–water partition coefficient (Wildman–Crippen LogP) is 0.712. The maximum absolute atomic E-state index is 12.1. The van der Waals surface area contributed by atoms with Crippen molar-refractivity contribution >= 4 is 39.1 Å². The number of fused-ring (bicyclic) bond motifs is 1. The van der Waals surface area contributed by atoms with E-state index in [1.165, 1.54) is 11.3 Å². The van der Waals surface area contributed by atoms with E-state index in [9.17, 15) is 9.59 Å². The van der Waals surface area contributed by atoms with Crippen LogP contribution < -0.4 is 11.5 Å². The van der Waals surface area contributed by atoms with Gasteiger partial charge >= 0.3 is 0 Å². The van der Waals surface area contributed by atoms with E-state index in [2.05, 4.69) is 4.98 Å². The third-order valence-corrected chi connectivity index (χ3v) is 4.67. The van der Waals surface area contributed by atoms with E-state index in [0.717, 1.165) is 15.6 Å². The summed E-state index contributed by atoms with van der Waals surface area (Å²) in [5, 5.41) is 2.99.